The number of rotatable bonds is 5. The lowest BCUT2D eigenvalue weighted by Crippen LogP contribution is -2.45. The summed E-state index contributed by atoms with van der Waals surface area (Å²) in [6.45, 7) is 1.19. The Morgan fingerprint density at radius 1 is 1.41 bits per heavy atom. The maximum atomic E-state index is 13.0. The summed E-state index contributed by atoms with van der Waals surface area (Å²) in [6, 6.07) is 6.07. The summed E-state index contributed by atoms with van der Waals surface area (Å²) in [4.78, 5) is 29.1. The molecule has 0 saturated carbocycles. The van der Waals surface area contributed by atoms with Crippen molar-refractivity contribution in [2.75, 3.05) is 13.2 Å². The summed E-state index contributed by atoms with van der Waals surface area (Å²) in [5.74, 6) is 0.382. The van der Waals surface area contributed by atoms with Crippen LogP contribution in [-0.4, -0.2) is 40.5 Å². The molecule has 2 aromatic rings. The molecule has 32 heavy (non-hydrogen) atoms. The molecule has 2 saturated heterocycles. The fourth-order valence-corrected chi connectivity index (χ4v) is 5.27. The van der Waals surface area contributed by atoms with E-state index >= 15 is 0 Å². The predicted octanol–water partition coefficient (Wildman–Crippen LogP) is 1.92. The zero-order valence-electron chi connectivity index (χ0n) is 16.7. The van der Waals surface area contributed by atoms with E-state index in [1.165, 1.54) is 13.1 Å². The molecule has 1 aromatic heterocycles. The van der Waals surface area contributed by atoms with Gasteiger partial charge in [0, 0.05) is 22.2 Å². The van der Waals surface area contributed by atoms with Crippen LogP contribution in [-0.2, 0) is 29.7 Å². The second-order valence-electron chi connectivity index (χ2n) is 7.67. The third-order valence-electron chi connectivity index (χ3n) is 5.63. The highest BCUT2D eigenvalue weighted by atomic mass is 31.2. The highest BCUT2D eigenvalue weighted by Gasteiger charge is 2.63. The maximum absolute atomic E-state index is 13.0. The van der Waals surface area contributed by atoms with Gasteiger partial charge < -0.3 is 14.0 Å². The minimum atomic E-state index is -3.98. The zero-order valence-corrected chi connectivity index (χ0v) is 17.6. The molecule has 0 radical (unpaired) electrons. The molecule has 0 aliphatic carbocycles. The van der Waals surface area contributed by atoms with Gasteiger partial charge in [0.05, 0.1) is 19.8 Å². The third kappa shape index (κ3) is 3.36. The Bertz CT molecular complexity index is 1290. The van der Waals surface area contributed by atoms with Crippen LogP contribution in [0, 0.1) is 6.92 Å². The highest BCUT2D eigenvalue weighted by molar-refractivity contribution is 7.49. The molecule has 5 atom stereocenters. The summed E-state index contributed by atoms with van der Waals surface area (Å²) in [6.07, 6.45) is -0.489. The van der Waals surface area contributed by atoms with Crippen LogP contribution in [0.2, 0.25) is 0 Å². The Hall–Kier alpha value is -2.92. The van der Waals surface area contributed by atoms with Crippen molar-refractivity contribution < 1.29 is 27.6 Å². The molecule has 168 valence electrons. The first-order chi connectivity index (χ1) is 15.3. The first-order valence-corrected chi connectivity index (χ1v) is 11.1. The smallest absolute Gasteiger partial charge is 0.404 e. The van der Waals surface area contributed by atoms with Gasteiger partial charge in [0.1, 0.15) is 23.5 Å². The van der Waals surface area contributed by atoms with Crippen LogP contribution in [0.3, 0.4) is 0 Å². The van der Waals surface area contributed by atoms with E-state index in [4.69, 9.17) is 28.6 Å². The summed E-state index contributed by atoms with van der Waals surface area (Å²) in [5, 5.41) is 3.78. The number of aromatic amines is 1. The lowest BCUT2D eigenvalue weighted by Gasteiger charge is -2.33. The molecule has 3 aliphatic heterocycles. The standard InChI is InChI=1S/C18H18N5O8P/c1-10-6-23(17(25)20-15(10)24)16-13-14(21-22-19)18(30-16,8-27-13)9-29-32(26)28-7-11-4-2-3-5-12(11)31-32/h2-6,13-14,16H,7-9H2,1H3,(H,20,24,25)/t13-,14+,16-,18-,32?/m1/s1. The van der Waals surface area contributed by atoms with E-state index in [0.717, 1.165) is 10.1 Å². The molecular formula is C18H18N5O8P. The molecule has 1 N–H and O–H groups in total. The van der Waals surface area contributed by atoms with Crippen LogP contribution in [0.4, 0.5) is 0 Å². The van der Waals surface area contributed by atoms with Gasteiger partial charge in [0.25, 0.3) is 5.56 Å². The van der Waals surface area contributed by atoms with Crippen LogP contribution >= 0.6 is 7.82 Å². The molecular weight excluding hydrogens is 445 g/mol. The predicted molar refractivity (Wildman–Crippen MR) is 107 cm³/mol. The Morgan fingerprint density at radius 3 is 3.03 bits per heavy atom. The topological polar surface area (TPSA) is 167 Å². The van der Waals surface area contributed by atoms with Crippen LogP contribution in [0.25, 0.3) is 10.4 Å². The molecule has 0 spiro atoms. The zero-order chi connectivity index (χ0) is 22.5. The number of aryl methyl sites for hydroxylation is 1. The minimum absolute atomic E-state index is 0.0362. The third-order valence-corrected chi connectivity index (χ3v) is 6.94. The first-order valence-electron chi connectivity index (χ1n) is 9.66. The Balaban J connectivity index is 1.41. The average molecular weight is 463 g/mol. The van der Waals surface area contributed by atoms with Crippen molar-refractivity contribution in [3.8, 4) is 5.75 Å². The van der Waals surface area contributed by atoms with Gasteiger partial charge in [-0.2, -0.15) is 0 Å². The fraction of sp³-hybridized carbons (Fsp3) is 0.444. The van der Waals surface area contributed by atoms with Crippen LogP contribution in [0.1, 0.15) is 17.4 Å². The number of azide groups is 1. The van der Waals surface area contributed by atoms with Crippen molar-refractivity contribution in [1.29, 1.82) is 0 Å². The molecule has 3 aliphatic rings. The first kappa shape index (κ1) is 21.0. The van der Waals surface area contributed by atoms with Crippen molar-refractivity contribution in [2.24, 2.45) is 5.11 Å². The van der Waals surface area contributed by atoms with Crippen molar-refractivity contribution in [1.82, 2.24) is 9.55 Å². The van der Waals surface area contributed by atoms with Gasteiger partial charge in [0.2, 0.25) is 0 Å². The molecule has 14 heteroatoms. The Labute approximate surface area is 180 Å². The molecule has 2 fully saturated rings. The minimum Gasteiger partial charge on any atom is -0.404 e. The molecule has 13 nitrogen and oxygen atoms in total. The van der Waals surface area contributed by atoms with E-state index in [0.29, 0.717) is 5.75 Å². The van der Waals surface area contributed by atoms with Gasteiger partial charge >= 0.3 is 13.5 Å². The number of fused-ring (bicyclic) bond motifs is 3. The number of hydrogen-bond acceptors (Lipinski definition) is 9. The van der Waals surface area contributed by atoms with Gasteiger partial charge in [-0.25, -0.2) is 9.36 Å². The summed E-state index contributed by atoms with van der Waals surface area (Å²) >= 11 is 0. The Morgan fingerprint density at radius 2 is 2.22 bits per heavy atom. The van der Waals surface area contributed by atoms with E-state index in [1.54, 1.807) is 24.3 Å². The summed E-state index contributed by atoms with van der Waals surface area (Å²) < 4.78 is 42.3. The molecule has 4 heterocycles. The molecule has 5 rings (SSSR count). The van der Waals surface area contributed by atoms with Crippen LogP contribution < -0.4 is 15.8 Å². The molecule has 2 bridgehead atoms. The quantitative estimate of drug-likeness (QED) is 0.304. The number of phosphoric ester groups is 1. The molecule has 1 unspecified atom stereocenters. The number of benzene rings is 1. The number of phosphoric acid groups is 1. The second kappa shape index (κ2) is 7.59. The summed E-state index contributed by atoms with van der Waals surface area (Å²) in [7, 11) is -3.98. The van der Waals surface area contributed by atoms with Gasteiger partial charge in [0.15, 0.2) is 6.23 Å². The Kier molecular flexibility index (Phi) is 4.97. The lowest BCUT2D eigenvalue weighted by molar-refractivity contribution is -0.184. The van der Waals surface area contributed by atoms with Gasteiger partial charge in [-0.3, -0.25) is 23.4 Å². The van der Waals surface area contributed by atoms with E-state index in [9.17, 15) is 14.2 Å². The van der Waals surface area contributed by atoms with E-state index in [1.807, 2.05) is 0 Å². The highest BCUT2D eigenvalue weighted by Crippen LogP contribution is 2.56. The largest absolute Gasteiger partial charge is 0.530 e. The summed E-state index contributed by atoms with van der Waals surface area (Å²) in [5.41, 5.74) is 7.50. The van der Waals surface area contributed by atoms with E-state index in [2.05, 4.69) is 15.0 Å². The normalized spacial score (nSPS) is 32.7. The number of nitrogens with one attached hydrogen (secondary N) is 1. The number of nitrogens with zero attached hydrogens (tertiary/aromatic N) is 4. The fourth-order valence-electron chi connectivity index (χ4n) is 4.00. The number of H-pyrrole nitrogens is 1. The number of aromatic nitrogens is 2. The number of para-hydroxylation sites is 1. The van der Waals surface area contributed by atoms with Crippen molar-refractivity contribution in [3.63, 3.8) is 0 Å². The average Bonchev–Trinajstić information content (AvgIpc) is 3.27. The van der Waals surface area contributed by atoms with Crippen LogP contribution in [0.5, 0.6) is 5.75 Å². The van der Waals surface area contributed by atoms with Gasteiger partial charge in [-0.05, 0) is 18.5 Å². The maximum Gasteiger partial charge on any atom is 0.530 e. The number of ether oxygens (including phenoxy) is 2. The van der Waals surface area contributed by atoms with E-state index in [-0.39, 0.29) is 25.4 Å². The monoisotopic (exact) mass is 463 g/mol. The van der Waals surface area contributed by atoms with Gasteiger partial charge in [-0.1, -0.05) is 23.3 Å². The number of hydrogen-bond donors (Lipinski definition) is 1. The van der Waals surface area contributed by atoms with Crippen molar-refractivity contribution >= 4 is 7.82 Å². The van der Waals surface area contributed by atoms with E-state index < -0.39 is 43.0 Å². The lowest BCUT2D eigenvalue weighted by atomic mass is 9.98. The van der Waals surface area contributed by atoms with Crippen molar-refractivity contribution in [2.45, 2.75) is 37.5 Å². The molecule has 1 aromatic carbocycles. The van der Waals surface area contributed by atoms with Crippen LogP contribution in [0.15, 0.2) is 45.2 Å². The SMILES string of the molecule is Cc1cn([C@@H]2O[C@@]3(COP4(=O)OCc5ccccc5O4)CO[C@@H]2[C@@H]3N=[N+]=[N-])c(=O)[nH]c1=O. The van der Waals surface area contributed by atoms with Gasteiger partial charge in [-0.15, -0.1) is 0 Å². The second-order valence-corrected chi connectivity index (χ2v) is 9.26. The molecule has 0 amide bonds. The van der Waals surface area contributed by atoms with Crippen molar-refractivity contribution in [3.05, 3.63) is 72.9 Å².